The van der Waals surface area contributed by atoms with Crippen LogP contribution in [0.2, 0.25) is 0 Å². The van der Waals surface area contributed by atoms with Gasteiger partial charge < -0.3 is 0 Å². The van der Waals surface area contributed by atoms with Gasteiger partial charge in [0.05, 0.1) is 18.2 Å². The molecule has 1 nitrogen and oxygen atoms in total. The quantitative estimate of drug-likeness (QED) is 0.555. The Kier molecular flexibility index (Phi) is 4.02. The summed E-state index contributed by atoms with van der Waals surface area (Å²) in [6.07, 6.45) is 2.20. The summed E-state index contributed by atoms with van der Waals surface area (Å²) in [5.41, 5.74) is -0.269. The SMILES string of the molecule is CC(C)(C#N)CCCCF. The van der Waals surface area contributed by atoms with Crippen molar-refractivity contribution in [2.75, 3.05) is 6.67 Å². The standard InChI is InChI=1S/C8H14FN/c1-8(2,7-10)5-3-4-6-9/h3-6H2,1-2H3. The van der Waals surface area contributed by atoms with Crippen molar-refractivity contribution in [2.24, 2.45) is 5.41 Å². The van der Waals surface area contributed by atoms with Crippen molar-refractivity contribution in [3.63, 3.8) is 0 Å². The minimum absolute atomic E-state index is 0.262. The molecule has 0 aliphatic heterocycles. The van der Waals surface area contributed by atoms with Crippen molar-refractivity contribution in [2.45, 2.75) is 33.1 Å². The molecule has 0 heterocycles. The number of hydrogen-bond acceptors (Lipinski definition) is 1. The highest BCUT2D eigenvalue weighted by Crippen LogP contribution is 2.21. The van der Waals surface area contributed by atoms with Gasteiger partial charge in [-0.2, -0.15) is 5.26 Å². The average molecular weight is 143 g/mol. The largest absolute Gasteiger partial charge is 0.251 e. The van der Waals surface area contributed by atoms with Crippen LogP contribution in [0.25, 0.3) is 0 Å². The Morgan fingerprint density at radius 1 is 1.40 bits per heavy atom. The van der Waals surface area contributed by atoms with Gasteiger partial charge in [0.25, 0.3) is 0 Å². The maximum atomic E-state index is 11.6. The summed E-state index contributed by atoms with van der Waals surface area (Å²) in [5, 5.41) is 8.55. The zero-order chi connectivity index (χ0) is 8.04. The lowest BCUT2D eigenvalue weighted by atomic mass is 9.89. The molecule has 0 saturated heterocycles. The first-order chi connectivity index (χ1) is 4.62. The van der Waals surface area contributed by atoms with Crippen LogP contribution in [0, 0.1) is 16.7 Å². The van der Waals surface area contributed by atoms with Gasteiger partial charge in [-0.15, -0.1) is 0 Å². The molecule has 0 aromatic rings. The van der Waals surface area contributed by atoms with Crippen molar-refractivity contribution in [1.29, 1.82) is 5.26 Å². The van der Waals surface area contributed by atoms with Crippen molar-refractivity contribution in [1.82, 2.24) is 0 Å². The minimum atomic E-state index is -0.269. The molecule has 0 aliphatic rings. The molecule has 2 heteroatoms. The Balaban J connectivity index is 3.40. The highest BCUT2D eigenvalue weighted by atomic mass is 19.1. The molecule has 0 bridgehead atoms. The summed E-state index contributed by atoms with van der Waals surface area (Å²) in [5.74, 6) is 0. The van der Waals surface area contributed by atoms with E-state index < -0.39 is 0 Å². The molecule has 0 spiro atoms. The Hall–Kier alpha value is -0.580. The van der Waals surface area contributed by atoms with Crippen molar-refractivity contribution in [3.05, 3.63) is 0 Å². The lowest BCUT2D eigenvalue weighted by Crippen LogP contribution is -2.07. The highest BCUT2D eigenvalue weighted by Gasteiger charge is 2.14. The second-order valence-corrected chi connectivity index (χ2v) is 3.14. The van der Waals surface area contributed by atoms with Gasteiger partial charge in [-0.1, -0.05) is 0 Å². The second-order valence-electron chi connectivity index (χ2n) is 3.14. The molecule has 0 N–H and O–H groups in total. The lowest BCUT2D eigenvalue weighted by molar-refractivity contribution is 0.392. The van der Waals surface area contributed by atoms with E-state index in [0.29, 0.717) is 6.42 Å². The molecule has 0 aromatic heterocycles. The van der Waals surface area contributed by atoms with Crippen LogP contribution >= 0.6 is 0 Å². The predicted octanol–water partition coefficient (Wildman–Crippen LogP) is 2.68. The summed E-state index contributed by atoms with van der Waals surface area (Å²) in [6, 6.07) is 2.18. The Labute approximate surface area is 61.9 Å². The van der Waals surface area contributed by atoms with Gasteiger partial charge in [-0.25, -0.2) is 0 Å². The van der Waals surface area contributed by atoms with E-state index in [2.05, 4.69) is 6.07 Å². The van der Waals surface area contributed by atoms with Crippen molar-refractivity contribution < 1.29 is 4.39 Å². The van der Waals surface area contributed by atoms with Crippen molar-refractivity contribution >= 4 is 0 Å². The smallest absolute Gasteiger partial charge is 0.0894 e. The first-order valence-electron chi connectivity index (χ1n) is 3.59. The van der Waals surface area contributed by atoms with Crippen molar-refractivity contribution in [3.8, 4) is 6.07 Å². The molecular weight excluding hydrogens is 129 g/mol. The fourth-order valence-electron chi connectivity index (χ4n) is 0.717. The van der Waals surface area contributed by atoms with E-state index in [4.69, 9.17) is 5.26 Å². The van der Waals surface area contributed by atoms with Crippen LogP contribution in [0.1, 0.15) is 33.1 Å². The molecule has 0 saturated carbocycles. The molecule has 0 atom stereocenters. The summed E-state index contributed by atoms with van der Waals surface area (Å²) >= 11 is 0. The van der Waals surface area contributed by atoms with E-state index in [1.807, 2.05) is 13.8 Å². The van der Waals surface area contributed by atoms with Crippen LogP contribution in [0.4, 0.5) is 4.39 Å². The molecule has 0 amide bonds. The zero-order valence-corrected chi connectivity index (χ0v) is 6.65. The Morgan fingerprint density at radius 2 is 2.00 bits per heavy atom. The summed E-state index contributed by atoms with van der Waals surface area (Å²) < 4.78 is 11.6. The maximum Gasteiger partial charge on any atom is 0.0894 e. The molecular formula is C8H14FN. The van der Waals surface area contributed by atoms with Crippen LogP contribution in [-0.4, -0.2) is 6.67 Å². The number of alkyl halides is 1. The second kappa shape index (κ2) is 4.27. The van der Waals surface area contributed by atoms with Gasteiger partial charge in [0, 0.05) is 0 Å². The number of halogens is 1. The fourth-order valence-corrected chi connectivity index (χ4v) is 0.717. The third-order valence-corrected chi connectivity index (χ3v) is 1.49. The third kappa shape index (κ3) is 4.31. The number of nitrogens with zero attached hydrogens (tertiary/aromatic N) is 1. The van der Waals surface area contributed by atoms with E-state index in [1.165, 1.54) is 0 Å². The van der Waals surface area contributed by atoms with Crippen LogP contribution in [-0.2, 0) is 0 Å². The highest BCUT2D eigenvalue weighted by molar-refractivity contribution is 4.91. The minimum Gasteiger partial charge on any atom is -0.251 e. The van der Waals surface area contributed by atoms with Crippen LogP contribution in [0.3, 0.4) is 0 Å². The fraction of sp³-hybridized carbons (Fsp3) is 0.875. The normalized spacial score (nSPS) is 11.0. The van der Waals surface area contributed by atoms with Gasteiger partial charge in [0.15, 0.2) is 0 Å². The molecule has 0 rings (SSSR count). The summed E-state index contributed by atoms with van der Waals surface area (Å²) in [7, 11) is 0. The number of unbranched alkanes of at least 4 members (excludes halogenated alkanes) is 1. The van der Waals surface area contributed by atoms with E-state index in [-0.39, 0.29) is 12.1 Å². The van der Waals surface area contributed by atoms with Crippen LogP contribution in [0.15, 0.2) is 0 Å². The molecule has 0 aromatic carbocycles. The van der Waals surface area contributed by atoms with Gasteiger partial charge in [-0.05, 0) is 33.1 Å². The summed E-state index contributed by atoms with van der Waals surface area (Å²) in [4.78, 5) is 0. The van der Waals surface area contributed by atoms with Gasteiger partial charge in [0.2, 0.25) is 0 Å². The first kappa shape index (κ1) is 9.42. The molecule has 0 unspecified atom stereocenters. The van der Waals surface area contributed by atoms with Crippen LogP contribution < -0.4 is 0 Å². The Morgan fingerprint density at radius 3 is 2.40 bits per heavy atom. The molecule has 0 radical (unpaired) electrons. The molecule has 0 aliphatic carbocycles. The maximum absolute atomic E-state index is 11.6. The third-order valence-electron chi connectivity index (χ3n) is 1.49. The number of rotatable bonds is 4. The average Bonchev–Trinajstić information content (AvgIpc) is 1.89. The number of hydrogen-bond donors (Lipinski definition) is 0. The monoisotopic (exact) mass is 143 g/mol. The lowest BCUT2D eigenvalue weighted by Gasteiger charge is -2.13. The molecule has 10 heavy (non-hydrogen) atoms. The first-order valence-corrected chi connectivity index (χ1v) is 3.59. The molecule has 0 fully saturated rings. The van der Waals surface area contributed by atoms with E-state index in [9.17, 15) is 4.39 Å². The summed E-state index contributed by atoms with van der Waals surface area (Å²) in [6.45, 7) is 3.50. The zero-order valence-electron chi connectivity index (χ0n) is 6.65. The topological polar surface area (TPSA) is 23.8 Å². The van der Waals surface area contributed by atoms with E-state index in [1.54, 1.807) is 0 Å². The van der Waals surface area contributed by atoms with Gasteiger partial charge in [0.1, 0.15) is 0 Å². The van der Waals surface area contributed by atoms with Crippen LogP contribution in [0.5, 0.6) is 0 Å². The Bertz CT molecular complexity index is 124. The van der Waals surface area contributed by atoms with Gasteiger partial charge >= 0.3 is 0 Å². The van der Waals surface area contributed by atoms with E-state index in [0.717, 1.165) is 12.8 Å². The van der Waals surface area contributed by atoms with E-state index >= 15 is 0 Å². The predicted molar refractivity (Wildman–Crippen MR) is 39.2 cm³/mol. The number of nitriles is 1. The molecule has 58 valence electrons. The van der Waals surface area contributed by atoms with Gasteiger partial charge in [-0.3, -0.25) is 4.39 Å².